The molecule has 0 unspecified atom stereocenters. The van der Waals surface area contributed by atoms with Gasteiger partial charge in [0.1, 0.15) is 10.7 Å². The number of nitrogens with one attached hydrogen (secondary N) is 4. The van der Waals surface area contributed by atoms with E-state index in [-0.39, 0.29) is 29.5 Å². The number of carbonyl (C=O) groups excluding carboxylic acids is 2. The summed E-state index contributed by atoms with van der Waals surface area (Å²) in [6.45, 7) is 2.11. The standard InChI is InChI=1S/C38H36Cl3N7O3S/c1-52-37-29(20-43-19-24-9-11-34(50)46-24)30(39)15-31(47-37)28-7-3-6-27(36(28)41)26-5-2-4-25(35(26)40)21-12-13-48-32(14-21)44-17-22(38(48)51)16-42-18-23-8-10-33(49)45-23/h2-7,12-15,17,23-24,42-43H,8-11,16,18-20H2,1H3,(H,45,49)(H,46,50)/t23-,24-/m0/s1. The molecule has 2 atom stereocenters. The number of thioether (sulfide) groups is 1. The van der Waals surface area contributed by atoms with E-state index in [1.165, 1.54) is 16.2 Å². The fraction of sp³-hybridized carbons (Fsp3) is 0.289. The normalized spacial score (nSPS) is 17.2. The molecule has 52 heavy (non-hydrogen) atoms. The van der Waals surface area contributed by atoms with Crippen LogP contribution in [-0.4, -0.2) is 57.6 Å². The van der Waals surface area contributed by atoms with Gasteiger partial charge >= 0.3 is 0 Å². The van der Waals surface area contributed by atoms with Crippen molar-refractivity contribution in [2.45, 2.75) is 55.9 Å². The lowest BCUT2D eigenvalue weighted by molar-refractivity contribution is -0.120. The molecule has 14 heteroatoms. The highest BCUT2D eigenvalue weighted by atomic mass is 35.5. The summed E-state index contributed by atoms with van der Waals surface area (Å²) in [5.74, 6) is 0.147. The second-order valence-corrected chi connectivity index (χ2v) is 14.9. The molecule has 7 rings (SSSR count). The number of halogens is 3. The number of aromatic nitrogens is 3. The Morgan fingerprint density at radius 2 is 1.44 bits per heavy atom. The lowest BCUT2D eigenvalue weighted by atomic mass is 9.97. The highest BCUT2D eigenvalue weighted by Crippen LogP contribution is 2.43. The maximum absolute atomic E-state index is 13.3. The van der Waals surface area contributed by atoms with Gasteiger partial charge < -0.3 is 21.3 Å². The van der Waals surface area contributed by atoms with Crippen LogP contribution in [0.4, 0.5) is 0 Å². The van der Waals surface area contributed by atoms with Gasteiger partial charge in [0.2, 0.25) is 11.8 Å². The number of benzene rings is 2. The van der Waals surface area contributed by atoms with E-state index in [9.17, 15) is 14.4 Å². The van der Waals surface area contributed by atoms with Crippen molar-refractivity contribution in [3.63, 3.8) is 0 Å². The van der Waals surface area contributed by atoms with E-state index in [1.54, 1.807) is 12.4 Å². The summed E-state index contributed by atoms with van der Waals surface area (Å²) in [4.78, 5) is 45.8. The van der Waals surface area contributed by atoms with Crippen LogP contribution in [0, 0.1) is 0 Å². The Balaban J connectivity index is 1.12. The van der Waals surface area contributed by atoms with Gasteiger partial charge in [0, 0.05) is 102 Å². The summed E-state index contributed by atoms with van der Waals surface area (Å²) >= 11 is 22.6. The summed E-state index contributed by atoms with van der Waals surface area (Å²) in [6.07, 6.45) is 7.96. The molecule has 0 bridgehead atoms. The molecule has 5 heterocycles. The largest absolute Gasteiger partial charge is 0.352 e. The number of pyridine rings is 2. The number of nitrogens with zero attached hydrogens (tertiary/aromatic N) is 3. The van der Waals surface area contributed by atoms with Crippen molar-refractivity contribution in [1.29, 1.82) is 0 Å². The average Bonchev–Trinajstić information content (AvgIpc) is 3.76. The van der Waals surface area contributed by atoms with Crippen LogP contribution in [0.15, 0.2) is 76.8 Å². The second kappa shape index (κ2) is 16.0. The Morgan fingerprint density at radius 3 is 2.08 bits per heavy atom. The van der Waals surface area contributed by atoms with Gasteiger partial charge in [-0.1, -0.05) is 71.2 Å². The number of rotatable bonds is 12. The molecule has 2 fully saturated rings. The van der Waals surface area contributed by atoms with Crippen molar-refractivity contribution in [3.05, 3.63) is 104 Å². The van der Waals surface area contributed by atoms with Crippen molar-refractivity contribution in [1.82, 2.24) is 35.6 Å². The zero-order valence-electron chi connectivity index (χ0n) is 28.3. The molecular weight excluding hydrogens is 741 g/mol. The second-order valence-electron chi connectivity index (χ2n) is 12.9. The third-order valence-corrected chi connectivity index (χ3v) is 11.3. The van der Waals surface area contributed by atoms with Crippen LogP contribution in [0.25, 0.3) is 39.2 Å². The van der Waals surface area contributed by atoms with Gasteiger partial charge in [-0.2, -0.15) is 0 Å². The number of hydrogen-bond donors (Lipinski definition) is 4. The summed E-state index contributed by atoms with van der Waals surface area (Å²) in [7, 11) is 0. The van der Waals surface area contributed by atoms with Gasteiger partial charge in [-0.05, 0) is 42.9 Å². The topological polar surface area (TPSA) is 130 Å². The molecule has 0 saturated carbocycles. The molecular formula is C38H36Cl3N7O3S. The molecule has 0 aliphatic carbocycles. The van der Waals surface area contributed by atoms with Gasteiger partial charge in [-0.3, -0.25) is 18.8 Å². The molecule has 5 aromatic rings. The van der Waals surface area contributed by atoms with Crippen molar-refractivity contribution in [2.24, 2.45) is 0 Å². The van der Waals surface area contributed by atoms with Gasteiger partial charge in [0.15, 0.2) is 0 Å². The molecule has 2 amide bonds. The fourth-order valence-electron chi connectivity index (χ4n) is 6.70. The third-order valence-electron chi connectivity index (χ3n) is 9.45. The predicted octanol–water partition coefficient (Wildman–Crippen LogP) is 6.51. The molecule has 3 aromatic heterocycles. The SMILES string of the molecule is CSc1nc(-c2cccc(-c3cccc(-c4ccn5c(=O)c(CNC[C@@H]6CCC(=O)N6)cnc5c4)c3Cl)c2Cl)cc(Cl)c1CNC[C@@H]1CCC(=O)N1. The summed E-state index contributed by atoms with van der Waals surface area (Å²) < 4.78 is 1.52. The molecule has 4 N–H and O–H groups in total. The highest BCUT2D eigenvalue weighted by molar-refractivity contribution is 7.98. The first kappa shape index (κ1) is 36.4. The average molecular weight is 777 g/mol. The van der Waals surface area contributed by atoms with Crippen LogP contribution < -0.4 is 26.8 Å². The monoisotopic (exact) mass is 775 g/mol. The van der Waals surface area contributed by atoms with Crippen LogP contribution in [0.3, 0.4) is 0 Å². The Hall–Kier alpha value is -3.97. The zero-order chi connectivity index (χ0) is 36.4. The van der Waals surface area contributed by atoms with Crippen molar-refractivity contribution in [3.8, 4) is 33.5 Å². The number of hydrogen-bond acceptors (Lipinski definition) is 8. The van der Waals surface area contributed by atoms with Crippen molar-refractivity contribution < 1.29 is 9.59 Å². The lowest BCUT2D eigenvalue weighted by Crippen LogP contribution is -2.36. The van der Waals surface area contributed by atoms with Gasteiger partial charge in [0.05, 0.1) is 15.7 Å². The minimum atomic E-state index is -0.162. The van der Waals surface area contributed by atoms with Crippen LogP contribution >= 0.6 is 46.6 Å². The first-order chi connectivity index (χ1) is 25.2. The summed E-state index contributed by atoms with van der Waals surface area (Å²) in [5, 5.41) is 14.9. The number of carbonyl (C=O) groups is 2. The predicted molar refractivity (Wildman–Crippen MR) is 208 cm³/mol. The highest BCUT2D eigenvalue weighted by Gasteiger charge is 2.23. The van der Waals surface area contributed by atoms with E-state index in [0.29, 0.717) is 71.0 Å². The Kier molecular flexibility index (Phi) is 11.2. The van der Waals surface area contributed by atoms with Gasteiger partial charge in [-0.15, -0.1) is 11.8 Å². The molecule has 2 aliphatic heterocycles. The molecule has 10 nitrogen and oxygen atoms in total. The summed E-state index contributed by atoms with van der Waals surface area (Å²) in [5.41, 5.74) is 6.16. The molecule has 0 radical (unpaired) electrons. The minimum absolute atomic E-state index is 0.0599. The molecule has 2 aliphatic rings. The van der Waals surface area contributed by atoms with E-state index >= 15 is 0 Å². The van der Waals surface area contributed by atoms with E-state index < -0.39 is 0 Å². The Bertz CT molecular complexity index is 2250. The smallest absolute Gasteiger partial charge is 0.262 e. The third kappa shape index (κ3) is 7.71. The maximum atomic E-state index is 13.3. The number of fused-ring (bicyclic) bond motifs is 1. The zero-order valence-corrected chi connectivity index (χ0v) is 31.4. The quantitative estimate of drug-likeness (QED) is 0.106. The fourth-order valence-corrected chi connectivity index (χ4v) is 8.30. The van der Waals surface area contributed by atoms with Crippen molar-refractivity contribution >= 4 is 64.0 Å². The van der Waals surface area contributed by atoms with Gasteiger partial charge in [-0.25, -0.2) is 9.97 Å². The van der Waals surface area contributed by atoms with E-state index in [0.717, 1.165) is 51.2 Å². The van der Waals surface area contributed by atoms with Crippen LogP contribution in [0.1, 0.15) is 36.8 Å². The lowest BCUT2D eigenvalue weighted by Gasteiger charge is -2.17. The van der Waals surface area contributed by atoms with E-state index in [4.69, 9.17) is 39.8 Å². The molecule has 268 valence electrons. The Labute approximate surface area is 320 Å². The number of amides is 2. The maximum Gasteiger partial charge on any atom is 0.262 e. The van der Waals surface area contributed by atoms with Crippen LogP contribution in [0.5, 0.6) is 0 Å². The minimum Gasteiger partial charge on any atom is -0.352 e. The van der Waals surface area contributed by atoms with E-state index in [2.05, 4.69) is 26.3 Å². The molecule has 2 aromatic carbocycles. The molecule has 0 spiro atoms. The van der Waals surface area contributed by atoms with Gasteiger partial charge in [0.25, 0.3) is 5.56 Å². The van der Waals surface area contributed by atoms with Crippen LogP contribution in [0.2, 0.25) is 15.1 Å². The van der Waals surface area contributed by atoms with Crippen LogP contribution in [-0.2, 0) is 22.7 Å². The van der Waals surface area contributed by atoms with E-state index in [1.807, 2.05) is 60.9 Å². The van der Waals surface area contributed by atoms with Crippen molar-refractivity contribution in [2.75, 3.05) is 19.3 Å². The first-order valence-electron chi connectivity index (χ1n) is 17.0. The summed E-state index contributed by atoms with van der Waals surface area (Å²) in [6, 6.07) is 17.2. The first-order valence-corrected chi connectivity index (χ1v) is 19.4. The Morgan fingerprint density at radius 1 is 0.827 bits per heavy atom. The molecule has 2 saturated heterocycles.